The molecule has 0 spiro atoms. The van der Waals surface area contributed by atoms with Gasteiger partial charge in [-0.25, -0.2) is 0 Å². The van der Waals surface area contributed by atoms with E-state index in [0.717, 1.165) is 6.42 Å². The van der Waals surface area contributed by atoms with Gasteiger partial charge in [-0.05, 0) is 6.92 Å². The molecule has 1 N–H and O–H groups in total. The van der Waals surface area contributed by atoms with Crippen LogP contribution in [0, 0.1) is 6.42 Å². The smallest absolute Gasteiger partial charge is 0.261 e. The molecule has 0 aromatic rings. The lowest BCUT2D eigenvalue weighted by Crippen LogP contribution is -2.35. The van der Waals surface area contributed by atoms with E-state index in [2.05, 4.69) is 10.3 Å². The molecule has 1 aliphatic rings. The molecule has 0 fully saturated rings. The summed E-state index contributed by atoms with van der Waals surface area (Å²) in [5.41, 5.74) is 0. The summed E-state index contributed by atoms with van der Waals surface area (Å²) >= 11 is 0. The van der Waals surface area contributed by atoms with Crippen LogP contribution in [-0.4, -0.2) is 17.6 Å². The quantitative estimate of drug-likeness (QED) is 0.463. The first kappa shape index (κ1) is 5.94. The molecule has 0 bridgehead atoms. The van der Waals surface area contributed by atoms with E-state index in [-0.39, 0.29) is 0 Å². The first-order valence-corrected chi connectivity index (χ1v) is 2.43. The fourth-order valence-corrected chi connectivity index (χ4v) is 0.552. The van der Waals surface area contributed by atoms with E-state index in [1.54, 1.807) is 6.92 Å². The number of nitrogens with zero attached hydrogens (tertiary/aromatic N) is 1. The van der Waals surface area contributed by atoms with Gasteiger partial charge in [-0.1, -0.05) is 0 Å². The molecular weight excluding hydrogens is 120 g/mol. The summed E-state index contributed by atoms with van der Waals surface area (Å²) in [5.74, 6) is -0.531. The second-order valence-electron chi connectivity index (χ2n) is 1.67. The molecule has 1 heterocycles. The predicted octanol–water partition coefficient (Wildman–Crippen LogP) is -0.735. The number of amidine groups is 1. The number of carbonyl (C=O) groups is 2. The Hall–Kier alpha value is -1.19. The molecule has 0 aromatic carbocycles. The van der Waals surface area contributed by atoms with Crippen LogP contribution in [0.5, 0.6) is 0 Å². The number of hydrogen-bond acceptors (Lipinski definition) is 2. The Kier molecular flexibility index (Phi) is 1.30. The number of aliphatic imine (C=N–C) groups is 1. The van der Waals surface area contributed by atoms with E-state index in [1.165, 1.54) is 0 Å². The molecule has 0 atom stereocenters. The fraction of sp³-hybridized carbons (Fsp3) is 0.200. The van der Waals surface area contributed by atoms with Gasteiger partial charge in [0.25, 0.3) is 5.91 Å². The molecule has 0 saturated heterocycles. The van der Waals surface area contributed by atoms with E-state index in [0.29, 0.717) is 5.84 Å². The zero-order valence-corrected chi connectivity index (χ0v) is 4.84. The minimum atomic E-state index is -0.490. The largest absolute Gasteiger partial charge is 0.314 e. The lowest BCUT2D eigenvalue weighted by atomic mass is 10.3. The monoisotopic (exact) mass is 125 g/mol. The van der Waals surface area contributed by atoms with Crippen molar-refractivity contribution in [2.45, 2.75) is 6.92 Å². The minimum absolute atomic E-state index is 0.354. The minimum Gasteiger partial charge on any atom is -0.314 e. The van der Waals surface area contributed by atoms with Crippen LogP contribution >= 0.6 is 0 Å². The van der Waals surface area contributed by atoms with Crippen LogP contribution in [0.1, 0.15) is 6.92 Å². The molecule has 0 unspecified atom stereocenters. The topological polar surface area (TPSA) is 58.5 Å². The van der Waals surface area contributed by atoms with E-state index in [4.69, 9.17) is 0 Å². The van der Waals surface area contributed by atoms with Gasteiger partial charge in [0.05, 0.1) is 0 Å². The van der Waals surface area contributed by atoms with Crippen molar-refractivity contribution in [2.24, 2.45) is 4.99 Å². The Morgan fingerprint density at radius 3 is 2.67 bits per heavy atom. The van der Waals surface area contributed by atoms with Crippen LogP contribution in [0.25, 0.3) is 0 Å². The predicted molar refractivity (Wildman–Crippen MR) is 30.6 cm³/mol. The number of rotatable bonds is 0. The fourth-order valence-electron chi connectivity index (χ4n) is 0.552. The molecule has 9 heavy (non-hydrogen) atoms. The van der Waals surface area contributed by atoms with Crippen LogP contribution in [0.2, 0.25) is 0 Å². The van der Waals surface area contributed by atoms with Crippen LogP contribution in [0.4, 0.5) is 0 Å². The summed E-state index contributed by atoms with van der Waals surface area (Å²) in [4.78, 5) is 24.2. The number of carbonyl (C=O) groups excluding carboxylic acids is 2. The van der Waals surface area contributed by atoms with Crippen LogP contribution in [0.15, 0.2) is 4.99 Å². The molecule has 47 valence electrons. The van der Waals surface area contributed by atoms with Gasteiger partial charge in [0.1, 0.15) is 12.3 Å². The van der Waals surface area contributed by atoms with Crippen LogP contribution < -0.4 is 5.32 Å². The second-order valence-corrected chi connectivity index (χ2v) is 1.67. The van der Waals surface area contributed by atoms with Crippen molar-refractivity contribution in [1.82, 2.24) is 5.32 Å². The normalized spacial score (nSPS) is 19.0. The van der Waals surface area contributed by atoms with Crippen molar-refractivity contribution in [3.63, 3.8) is 0 Å². The van der Waals surface area contributed by atoms with Crippen LogP contribution in [-0.2, 0) is 9.59 Å². The third kappa shape index (κ3) is 1.35. The molecule has 4 heteroatoms. The average molecular weight is 125 g/mol. The molecule has 1 aliphatic heterocycles. The van der Waals surface area contributed by atoms with Gasteiger partial charge >= 0.3 is 0 Å². The maximum atomic E-state index is 10.4. The maximum absolute atomic E-state index is 10.4. The van der Waals surface area contributed by atoms with E-state index in [1.807, 2.05) is 0 Å². The van der Waals surface area contributed by atoms with Crippen LogP contribution in [0.3, 0.4) is 0 Å². The third-order valence-electron chi connectivity index (χ3n) is 0.837. The van der Waals surface area contributed by atoms with Crippen molar-refractivity contribution >= 4 is 17.6 Å². The van der Waals surface area contributed by atoms with Crippen molar-refractivity contribution < 1.29 is 9.59 Å². The summed E-state index contributed by atoms with van der Waals surface area (Å²) in [7, 11) is 0. The lowest BCUT2D eigenvalue weighted by Gasteiger charge is -2.06. The summed E-state index contributed by atoms with van der Waals surface area (Å²) in [6, 6.07) is 0. The van der Waals surface area contributed by atoms with E-state index < -0.39 is 11.8 Å². The lowest BCUT2D eigenvalue weighted by molar-refractivity contribution is -0.122. The molecule has 1 radical (unpaired) electrons. The highest BCUT2D eigenvalue weighted by Crippen LogP contribution is 1.90. The molecule has 0 saturated carbocycles. The first-order valence-electron chi connectivity index (χ1n) is 2.43. The van der Waals surface area contributed by atoms with Gasteiger partial charge in [0.2, 0.25) is 5.91 Å². The Bertz CT molecular complexity index is 195. The first-order chi connectivity index (χ1) is 4.18. The molecule has 4 nitrogen and oxygen atoms in total. The summed E-state index contributed by atoms with van der Waals surface area (Å²) in [5, 5.41) is 2.34. The SMILES string of the molecule is CC1=NC(=O)[CH]C(=O)N1. The molecule has 0 aliphatic carbocycles. The molecule has 2 amide bonds. The third-order valence-corrected chi connectivity index (χ3v) is 0.837. The summed E-state index contributed by atoms with van der Waals surface area (Å²) < 4.78 is 0. The maximum Gasteiger partial charge on any atom is 0.261 e. The van der Waals surface area contributed by atoms with E-state index in [9.17, 15) is 9.59 Å². The van der Waals surface area contributed by atoms with Gasteiger partial charge in [-0.15, -0.1) is 0 Å². The summed E-state index contributed by atoms with van der Waals surface area (Å²) in [6.07, 6.45) is 0.910. The average Bonchev–Trinajstić information content (AvgIpc) is 1.59. The van der Waals surface area contributed by atoms with Crippen molar-refractivity contribution in [2.75, 3.05) is 0 Å². The molecule has 1 rings (SSSR count). The van der Waals surface area contributed by atoms with Crippen molar-refractivity contribution in [3.05, 3.63) is 6.42 Å². The highest BCUT2D eigenvalue weighted by atomic mass is 16.2. The Labute approximate surface area is 52.0 Å². The zero-order valence-electron chi connectivity index (χ0n) is 4.84. The van der Waals surface area contributed by atoms with Gasteiger partial charge in [0, 0.05) is 0 Å². The molecular formula is C5H5N2O2. The van der Waals surface area contributed by atoms with Gasteiger partial charge < -0.3 is 5.32 Å². The molecule has 0 aromatic heterocycles. The summed E-state index contributed by atoms with van der Waals surface area (Å²) in [6.45, 7) is 1.56. The number of nitrogens with one attached hydrogen (secondary N) is 1. The van der Waals surface area contributed by atoms with Gasteiger partial charge in [-0.3, -0.25) is 9.59 Å². The highest BCUT2D eigenvalue weighted by Gasteiger charge is 2.15. The zero-order chi connectivity index (χ0) is 6.85. The van der Waals surface area contributed by atoms with Gasteiger partial charge in [0.15, 0.2) is 0 Å². The Balaban J connectivity index is 2.79. The van der Waals surface area contributed by atoms with E-state index >= 15 is 0 Å². The Morgan fingerprint density at radius 2 is 2.22 bits per heavy atom. The highest BCUT2D eigenvalue weighted by molar-refractivity contribution is 6.20. The standard InChI is InChI=1S/C5H5N2O2/c1-3-6-4(8)2-5(9)7-3/h2H,1H3,(H,6,7,8,9). The van der Waals surface area contributed by atoms with Crippen molar-refractivity contribution in [3.8, 4) is 0 Å². The number of hydrogen-bond donors (Lipinski definition) is 1. The Morgan fingerprint density at radius 1 is 1.56 bits per heavy atom. The number of amides is 2. The van der Waals surface area contributed by atoms with Crippen molar-refractivity contribution in [1.29, 1.82) is 0 Å². The van der Waals surface area contributed by atoms with Gasteiger partial charge in [-0.2, -0.15) is 4.99 Å². The second kappa shape index (κ2) is 1.97.